The summed E-state index contributed by atoms with van der Waals surface area (Å²) in [5, 5.41) is 9.06. The van der Waals surface area contributed by atoms with Crippen LogP contribution in [0.5, 0.6) is 0 Å². The summed E-state index contributed by atoms with van der Waals surface area (Å²) in [4.78, 5) is 21.2. The number of aromatic nitrogens is 4. The number of nitrogens with zero attached hydrogens (tertiary/aromatic N) is 4. The Kier molecular flexibility index (Phi) is 3.72. The fourth-order valence-corrected chi connectivity index (χ4v) is 2.86. The Balaban J connectivity index is 1.77. The number of aryl methyl sites for hydroxylation is 3. The summed E-state index contributed by atoms with van der Waals surface area (Å²) in [6.45, 7) is 5.82. The molecule has 0 saturated heterocycles. The summed E-state index contributed by atoms with van der Waals surface area (Å²) in [7, 11) is 0. The van der Waals surface area contributed by atoms with E-state index < -0.39 is 0 Å². The molecule has 0 aliphatic rings. The van der Waals surface area contributed by atoms with Crippen molar-refractivity contribution in [2.24, 2.45) is 0 Å². The molecule has 3 rings (SSSR count). The van der Waals surface area contributed by atoms with Crippen molar-refractivity contribution in [2.45, 2.75) is 20.8 Å². The topological polar surface area (TPSA) is 72.7 Å². The highest BCUT2D eigenvalue weighted by molar-refractivity contribution is 7.12. The summed E-state index contributed by atoms with van der Waals surface area (Å²) >= 11 is 1.41. The largest absolute Gasteiger partial charge is 0.319 e. The molecular weight excluding hydrogens is 298 g/mol. The average molecular weight is 313 g/mol. The Hall–Kier alpha value is -2.54. The highest BCUT2D eigenvalue weighted by Crippen LogP contribution is 2.16. The Morgan fingerprint density at radius 1 is 1.18 bits per heavy atom. The molecule has 3 heterocycles. The monoisotopic (exact) mass is 313 g/mol. The predicted octanol–water partition coefficient (Wildman–Crippen LogP) is 2.90. The fourth-order valence-electron chi connectivity index (χ4n) is 2.07. The molecular formula is C15H15N5OS. The first kappa shape index (κ1) is 14.4. The Morgan fingerprint density at radius 3 is 2.45 bits per heavy atom. The maximum absolute atomic E-state index is 12.1. The van der Waals surface area contributed by atoms with E-state index in [2.05, 4.69) is 20.4 Å². The van der Waals surface area contributed by atoms with E-state index in [0.717, 1.165) is 17.0 Å². The van der Waals surface area contributed by atoms with Crippen LogP contribution in [0.4, 0.5) is 5.69 Å². The molecule has 0 aliphatic carbocycles. The summed E-state index contributed by atoms with van der Waals surface area (Å²) < 4.78 is 1.67. The number of anilines is 1. The van der Waals surface area contributed by atoms with Crippen molar-refractivity contribution < 1.29 is 4.79 Å². The maximum atomic E-state index is 12.1. The number of nitrogens with one attached hydrogen (secondary N) is 1. The van der Waals surface area contributed by atoms with Gasteiger partial charge >= 0.3 is 0 Å². The molecule has 0 saturated carbocycles. The van der Waals surface area contributed by atoms with E-state index in [1.165, 1.54) is 11.3 Å². The number of hydrogen-bond donors (Lipinski definition) is 1. The third-order valence-electron chi connectivity index (χ3n) is 3.05. The molecule has 1 N–H and O–H groups in total. The molecule has 1 amide bonds. The lowest BCUT2D eigenvalue weighted by atomic mass is 10.3. The second-order valence-corrected chi connectivity index (χ2v) is 5.96. The molecule has 3 aromatic heterocycles. The molecule has 0 radical (unpaired) electrons. The van der Waals surface area contributed by atoms with Gasteiger partial charge in [-0.2, -0.15) is 5.10 Å². The normalized spacial score (nSPS) is 10.7. The van der Waals surface area contributed by atoms with Gasteiger partial charge in [-0.3, -0.25) is 4.79 Å². The summed E-state index contributed by atoms with van der Waals surface area (Å²) in [5.74, 6) is 0.330. The van der Waals surface area contributed by atoms with Gasteiger partial charge in [0.1, 0.15) is 0 Å². The lowest BCUT2D eigenvalue weighted by Gasteiger charge is -2.05. The first-order chi connectivity index (χ1) is 10.5. The van der Waals surface area contributed by atoms with Gasteiger partial charge in [0.05, 0.1) is 28.7 Å². The number of carbonyl (C=O) groups excluding carboxylic acids is 1. The minimum atomic E-state index is -0.152. The number of amides is 1. The van der Waals surface area contributed by atoms with Crippen LogP contribution in [0.1, 0.15) is 26.6 Å². The van der Waals surface area contributed by atoms with E-state index in [4.69, 9.17) is 0 Å². The van der Waals surface area contributed by atoms with E-state index in [0.29, 0.717) is 16.5 Å². The van der Waals surface area contributed by atoms with Gasteiger partial charge in [-0.25, -0.2) is 14.6 Å². The van der Waals surface area contributed by atoms with Gasteiger partial charge < -0.3 is 5.32 Å². The van der Waals surface area contributed by atoms with Crippen molar-refractivity contribution in [2.75, 3.05) is 5.32 Å². The van der Waals surface area contributed by atoms with Crippen LogP contribution in [0.25, 0.3) is 5.95 Å². The lowest BCUT2D eigenvalue weighted by Crippen LogP contribution is -2.12. The summed E-state index contributed by atoms with van der Waals surface area (Å²) in [6.07, 6.45) is 3.16. The summed E-state index contributed by atoms with van der Waals surface area (Å²) in [6, 6.07) is 3.81. The third-order valence-corrected chi connectivity index (χ3v) is 4.10. The van der Waals surface area contributed by atoms with E-state index in [1.54, 1.807) is 17.1 Å². The zero-order chi connectivity index (χ0) is 15.7. The number of rotatable bonds is 3. The van der Waals surface area contributed by atoms with Crippen LogP contribution >= 0.6 is 11.3 Å². The molecule has 0 bridgehead atoms. The van der Waals surface area contributed by atoms with Gasteiger partial charge in [0.15, 0.2) is 0 Å². The van der Waals surface area contributed by atoms with Crippen molar-refractivity contribution in [3.8, 4) is 5.95 Å². The average Bonchev–Trinajstić information content (AvgIpc) is 3.05. The van der Waals surface area contributed by atoms with Crippen molar-refractivity contribution >= 4 is 22.9 Å². The van der Waals surface area contributed by atoms with Crippen molar-refractivity contribution in [1.82, 2.24) is 19.7 Å². The van der Waals surface area contributed by atoms with Gasteiger partial charge in [0, 0.05) is 5.69 Å². The highest BCUT2D eigenvalue weighted by atomic mass is 32.1. The molecule has 0 aliphatic heterocycles. The molecule has 7 heteroatoms. The standard InChI is InChI=1S/C15H15N5OS/c1-9-4-13(22-8-9)14(21)18-12-6-16-15(17-7-12)20-11(3)5-10(2)19-20/h4-8H,1-3H3,(H,18,21). The van der Waals surface area contributed by atoms with Crippen LogP contribution in [0.15, 0.2) is 29.9 Å². The molecule has 112 valence electrons. The number of thiophene rings is 1. The van der Waals surface area contributed by atoms with Crippen LogP contribution < -0.4 is 5.32 Å². The highest BCUT2D eigenvalue weighted by Gasteiger charge is 2.10. The van der Waals surface area contributed by atoms with E-state index >= 15 is 0 Å². The minimum Gasteiger partial charge on any atom is -0.319 e. The third kappa shape index (κ3) is 2.89. The Bertz CT molecular complexity index is 819. The lowest BCUT2D eigenvalue weighted by molar-refractivity contribution is 0.103. The van der Waals surface area contributed by atoms with E-state index in [-0.39, 0.29) is 5.91 Å². The van der Waals surface area contributed by atoms with Crippen LogP contribution in [-0.2, 0) is 0 Å². The Labute approximate surface area is 131 Å². The van der Waals surface area contributed by atoms with E-state index in [9.17, 15) is 4.79 Å². The summed E-state index contributed by atoms with van der Waals surface area (Å²) in [5.41, 5.74) is 3.50. The molecule has 0 fully saturated rings. The molecule has 6 nitrogen and oxygen atoms in total. The first-order valence-corrected chi connectivity index (χ1v) is 7.63. The SMILES string of the molecule is Cc1csc(C(=O)Nc2cnc(-n3nc(C)cc3C)nc2)c1. The first-order valence-electron chi connectivity index (χ1n) is 6.75. The van der Waals surface area contributed by atoms with Crippen LogP contribution in [0.2, 0.25) is 0 Å². The van der Waals surface area contributed by atoms with Crippen LogP contribution in [-0.4, -0.2) is 25.7 Å². The van der Waals surface area contributed by atoms with Gasteiger partial charge in [-0.1, -0.05) is 0 Å². The fraction of sp³-hybridized carbons (Fsp3) is 0.200. The maximum Gasteiger partial charge on any atom is 0.265 e. The van der Waals surface area contributed by atoms with Crippen LogP contribution in [0, 0.1) is 20.8 Å². The van der Waals surface area contributed by atoms with Gasteiger partial charge in [0.25, 0.3) is 11.9 Å². The number of carbonyl (C=O) groups is 1. The van der Waals surface area contributed by atoms with Crippen LogP contribution in [0.3, 0.4) is 0 Å². The van der Waals surface area contributed by atoms with Crippen molar-refractivity contribution in [1.29, 1.82) is 0 Å². The van der Waals surface area contributed by atoms with E-state index in [1.807, 2.05) is 38.3 Å². The quantitative estimate of drug-likeness (QED) is 0.807. The zero-order valence-corrected chi connectivity index (χ0v) is 13.3. The van der Waals surface area contributed by atoms with Crippen molar-refractivity contribution in [3.63, 3.8) is 0 Å². The minimum absolute atomic E-state index is 0.152. The smallest absolute Gasteiger partial charge is 0.265 e. The molecule has 0 spiro atoms. The van der Waals surface area contributed by atoms with Gasteiger partial charge in [-0.05, 0) is 43.8 Å². The van der Waals surface area contributed by atoms with Gasteiger partial charge in [0.2, 0.25) is 0 Å². The molecule has 3 aromatic rings. The second kappa shape index (κ2) is 5.69. The van der Waals surface area contributed by atoms with Gasteiger partial charge in [-0.15, -0.1) is 11.3 Å². The zero-order valence-electron chi connectivity index (χ0n) is 12.5. The predicted molar refractivity (Wildman–Crippen MR) is 85.6 cm³/mol. The van der Waals surface area contributed by atoms with Crippen molar-refractivity contribution in [3.05, 3.63) is 51.7 Å². The molecule has 0 unspecified atom stereocenters. The molecule has 0 aromatic carbocycles. The second-order valence-electron chi connectivity index (χ2n) is 5.05. The molecule has 0 atom stereocenters. The number of hydrogen-bond acceptors (Lipinski definition) is 5. The Morgan fingerprint density at radius 2 is 1.91 bits per heavy atom. The molecule has 22 heavy (non-hydrogen) atoms.